The van der Waals surface area contributed by atoms with Gasteiger partial charge in [-0.05, 0) is 45.1 Å². The molecular formula is C15H22N6S. The van der Waals surface area contributed by atoms with Gasteiger partial charge in [0.15, 0.2) is 0 Å². The Morgan fingerprint density at radius 3 is 2.95 bits per heavy atom. The smallest absolute Gasteiger partial charge is 0.203 e. The number of aromatic nitrogens is 4. The fourth-order valence-corrected chi connectivity index (χ4v) is 4.24. The molecule has 3 N–H and O–H groups in total. The van der Waals surface area contributed by atoms with Gasteiger partial charge in [0.05, 0.1) is 11.7 Å². The van der Waals surface area contributed by atoms with Crippen LogP contribution in [0.3, 0.4) is 0 Å². The Hall–Kier alpha value is -1.47. The maximum absolute atomic E-state index is 5.65. The van der Waals surface area contributed by atoms with E-state index in [0.717, 1.165) is 30.9 Å². The first-order chi connectivity index (χ1) is 10.8. The molecule has 2 aromatic rings. The van der Waals surface area contributed by atoms with Crippen LogP contribution in [0, 0.1) is 0 Å². The van der Waals surface area contributed by atoms with Gasteiger partial charge in [0.1, 0.15) is 10.8 Å². The summed E-state index contributed by atoms with van der Waals surface area (Å²) in [5.74, 6) is 1.18. The average Bonchev–Trinajstić information content (AvgIpc) is 3.23. The Morgan fingerprint density at radius 1 is 1.23 bits per heavy atom. The molecule has 0 amide bonds. The van der Waals surface area contributed by atoms with Crippen LogP contribution in [-0.2, 0) is 19.3 Å². The second kappa shape index (κ2) is 5.96. The van der Waals surface area contributed by atoms with Gasteiger partial charge in [0.2, 0.25) is 5.13 Å². The first-order valence-electron chi connectivity index (χ1n) is 8.19. The number of fused-ring (bicyclic) bond motifs is 1. The second-order valence-corrected chi connectivity index (χ2v) is 7.33. The van der Waals surface area contributed by atoms with Gasteiger partial charge < -0.3 is 10.7 Å². The largest absolute Gasteiger partial charge is 0.374 e. The fraction of sp³-hybridized carbons (Fsp3) is 0.667. The molecule has 0 spiro atoms. The number of hydrogen-bond donors (Lipinski definition) is 2. The summed E-state index contributed by atoms with van der Waals surface area (Å²) < 4.78 is 0. The molecule has 2 aromatic heterocycles. The van der Waals surface area contributed by atoms with Crippen molar-refractivity contribution < 1.29 is 0 Å². The second-order valence-electron chi connectivity index (χ2n) is 6.23. The molecule has 0 saturated carbocycles. The molecule has 1 saturated heterocycles. The summed E-state index contributed by atoms with van der Waals surface area (Å²) in [6, 6.07) is 0.441. The Morgan fingerprint density at radius 2 is 2.14 bits per heavy atom. The Kier molecular flexibility index (Phi) is 3.83. The van der Waals surface area contributed by atoms with E-state index >= 15 is 0 Å². The van der Waals surface area contributed by atoms with Gasteiger partial charge in [-0.25, -0.2) is 4.98 Å². The first-order valence-corrected chi connectivity index (χ1v) is 9.01. The van der Waals surface area contributed by atoms with Gasteiger partial charge >= 0.3 is 0 Å². The number of anilines is 1. The number of hydrogen-bond acceptors (Lipinski definition) is 6. The van der Waals surface area contributed by atoms with Gasteiger partial charge in [0, 0.05) is 18.7 Å². The van der Waals surface area contributed by atoms with E-state index in [0.29, 0.717) is 11.2 Å². The van der Waals surface area contributed by atoms with Crippen molar-refractivity contribution in [3.05, 3.63) is 22.2 Å². The molecule has 0 aromatic carbocycles. The van der Waals surface area contributed by atoms with Gasteiger partial charge in [-0.15, -0.1) is 10.2 Å². The highest BCUT2D eigenvalue weighted by Gasteiger charge is 2.29. The van der Waals surface area contributed by atoms with Gasteiger partial charge in [0.25, 0.3) is 0 Å². The minimum Gasteiger partial charge on any atom is -0.374 e. The highest BCUT2D eigenvalue weighted by Crippen LogP contribution is 2.32. The standard InChI is InChI=1S/C15H22N6S/c16-15-20-19-13(22-15)7-9-21-8-3-6-12(21)14-17-10-4-1-2-5-11(10)18-14/h12H,1-9H2,(H2,16,20)(H,17,18). The number of nitrogens with one attached hydrogen (secondary N) is 1. The lowest BCUT2D eigenvalue weighted by atomic mass is 10.0. The van der Waals surface area contributed by atoms with E-state index in [1.165, 1.54) is 60.7 Å². The Balaban J connectivity index is 1.45. The predicted octanol–water partition coefficient (Wildman–Crippen LogP) is 2.10. The molecule has 22 heavy (non-hydrogen) atoms. The normalized spacial score (nSPS) is 22.1. The van der Waals surface area contributed by atoms with E-state index < -0.39 is 0 Å². The van der Waals surface area contributed by atoms with Gasteiger partial charge in [-0.1, -0.05) is 11.3 Å². The molecule has 2 aliphatic rings. The van der Waals surface area contributed by atoms with Crippen molar-refractivity contribution in [1.29, 1.82) is 0 Å². The van der Waals surface area contributed by atoms with Crippen molar-refractivity contribution in [2.45, 2.75) is 51.0 Å². The van der Waals surface area contributed by atoms with Crippen LogP contribution < -0.4 is 5.73 Å². The molecule has 0 radical (unpaired) electrons. The van der Waals surface area contributed by atoms with Crippen molar-refractivity contribution >= 4 is 16.5 Å². The zero-order valence-electron chi connectivity index (χ0n) is 12.7. The molecule has 6 nitrogen and oxygen atoms in total. The summed E-state index contributed by atoms with van der Waals surface area (Å²) >= 11 is 1.50. The number of nitrogens with two attached hydrogens (primary N) is 1. The number of aromatic amines is 1. The van der Waals surface area contributed by atoms with E-state index in [-0.39, 0.29) is 0 Å². The van der Waals surface area contributed by atoms with Crippen LogP contribution in [0.4, 0.5) is 5.13 Å². The molecule has 0 bridgehead atoms. The minimum atomic E-state index is 0.441. The third kappa shape index (κ3) is 2.75. The van der Waals surface area contributed by atoms with E-state index in [1.54, 1.807) is 0 Å². The monoisotopic (exact) mass is 318 g/mol. The molecule has 1 aliphatic heterocycles. The molecule has 1 fully saturated rings. The van der Waals surface area contributed by atoms with Crippen molar-refractivity contribution in [2.24, 2.45) is 0 Å². The van der Waals surface area contributed by atoms with Crippen LogP contribution in [0.2, 0.25) is 0 Å². The highest BCUT2D eigenvalue weighted by atomic mass is 32.1. The number of nitrogen functional groups attached to an aromatic ring is 1. The van der Waals surface area contributed by atoms with Crippen LogP contribution >= 0.6 is 11.3 Å². The lowest BCUT2D eigenvalue weighted by Crippen LogP contribution is -2.26. The Labute approximate surface area is 134 Å². The average molecular weight is 318 g/mol. The quantitative estimate of drug-likeness (QED) is 0.902. The van der Waals surface area contributed by atoms with Crippen LogP contribution in [-0.4, -0.2) is 38.2 Å². The number of aryl methyl sites for hydroxylation is 2. The predicted molar refractivity (Wildman–Crippen MR) is 86.8 cm³/mol. The van der Waals surface area contributed by atoms with Crippen molar-refractivity contribution in [2.75, 3.05) is 18.8 Å². The van der Waals surface area contributed by atoms with E-state index in [2.05, 4.69) is 20.1 Å². The number of rotatable bonds is 4. The number of nitrogens with zero attached hydrogens (tertiary/aromatic N) is 4. The summed E-state index contributed by atoms with van der Waals surface area (Å²) in [5, 5.41) is 9.60. The third-order valence-corrected chi connectivity index (χ3v) is 5.56. The minimum absolute atomic E-state index is 0.441. The topological polar surface area (TPSA) is 83.7 Å². The first kappa shape index (κ1) is 14.1. The lowest BCUT2D eigenvalue weighted by molar-refractivity contribution is 0.252. The summed E-state index contributed by atoms with van der Waals surface area (Å²) in [6.07, 6.45) is 8.25. The van der Waals surface area contributed by atoms with E-state index in [1.807, 2.05) is 0 Å². The fourth-order valence-electron chi connectivity index (χ4n) is 3.64. The van der Waals surface area contributed by atoms with E-state index in [4.69, 9.17) is 10.7 Å². The summed E-state index contributed by atoms with van der Waals surface area (Å²) in [7, 11) is 0. The third-order valence-electron chi connectivity index (χ3n) is 4.75. The highest BCUT2D eigenvalue weighted by molar-refractivity contribution is 7.15. The molecule has 1 atom stereocenters. The summed E-state index contributed by atoms with van der Waals surface area (Å²) in [4.78, 5) is 11.0. The van der Waals surface area contributed by atoms with Crippen LogP contribution in [0.25, 0.3) is 0 Å². The number of likely N-dealkylation sites (tertiary alicyclic amines) is 1. The number of imidazole rings is 1. The van der Waals surface area contributed by atoms with Gasteiger partial charge in [-0.3, -0.25) is 4.90 Å². The van der Waals surface area contributed by atoms with Crippen LogP contribution in [0.1, 0.15) is 53.9 Å². The number of H-pyrrole nitrogens is 1. The maximum Gasteiger partial charge on any atom is 0.203 e. The summed E-state index contributed by atoms with van der Waals surface area (Å²) in [5.41, 5.74) is 8.34. The van der Waals surface area contributed by atoms with Crippen LogP contribution in [0.5, 0.6) is 0 Å². The molecule has 118 valence electrons. The SMILES string of the molecule is Nc1nnc(CCN2CCCC2c2nc3c([nH]2)CCCC3)s1. The van der Waals surface area contributed by atoms with Gasteiger partial charge in [-0.2, -0.15) is 0 Å². The zero-order chi connectivity index (χ0) is 14.9. The zero-order valence-corrected chi connectivity index (χ0v) is 13.5. The molecule has 7 heteroatoms. The van der Waals surface area contributed by atoms with E-state index in [9.17, 15) is 0 Å². The molecule has 4 rings (SSSR count). The molecule has 3 heterocycles. The Bertz CT molecular complexity index is 625. The lowest BCUT2D eigenvalue weighted by Gasteiger charge is -2.22. The maximum atomic E-state index is 5.65. The van der Waals surface area contributed by atoms with Crippen molar-refractivity contribution in [3.63, 3.8) is 0 Å². The summed E-state index contributed by atoms with van der Waals surface area (Å²) in [6.45, 7) is 2.15. The van der Waals surface area contributed by atoms with Crippen LogP contribution in [0.15, 0.2) is 0 Å². The molecular weight excluding hydrogens is 296 g/mol. The molecule has 1 unspecified atom stereocenters. The van der Waals surface area contributed by atoms with Crippen molar-refractivity contribution in [3.8, 4) is 0 Å². The molecule has 1 aliphatic carbocycles. The van der Waals surface area contributed by atoms with Crippen molar-refractivity contribution in [1.82, 2.24) is 25.1 Å².